The van der Waals surface area contributed by atoms with Gasteiger partial charge in [0, 0.05) is 6.04 Å². The Labute approximate surface area is 145 Å². The molecule has 1 saturated heterocycles. The molecule has 1 aliphatic heterocycles. The highest BCUT2D eigenvalue weighted by Gasteiger charge is 2.30. The van der Waals surface area contributed by atoms with Gasteiger partial charge in [-0.1, -0.05) is 17.7 Å². The second-order valence-corrected chi connectivity index (χ2v) is 10.1. The van der Waals surface area contributed by atoms with E-state index in [1.807, 2.05) is 6.92 Å². The molecule has 0 saturated carbocycles. The lowest BCUT2D eigenvalue weighted by atomic mass is 10.2. The SMILES string of the molecule is Cc1ccc(S(=O)(=O)c2ccc(C(=O)NC3CCS(=O)(=O)C3)o2)cc1. The first-order valence-electron chi connectivity index (χ1n) is 7.60. The lowest BCUT2D eigenvalue weighted by Crippen LogP contribution is -2.35. The monoisotopic (exact) mass is 383 g/mol. The number of amides is 1. The molecule has 25 heavy (non-hydrogen) atoms. The molecule has 1 unspecified atom stereocenters. The van der Waals surface area contributed by atoms with E-state index in [0.717, 1.165) is 5.56 Å². The number of sulfone groups is 2. The van der Waals surface area contributed by atoms with Gasteiger partial charge in [-0.3, -0.25) is 4.79 Å². The highest BCUT2D eigenvalue weighted by Crippen LogP contribution is 2.23. The Hall–Kier alpha value is -2.13. The number of carbonyl (C=O) groups is 1. The minimum absolute atomic E-state index is 0.0309. The maximum Gasteiger partial charge on any atom is 0.287 e. The molecule has 0 radical (unpaired) electrons. The van der Waals surface area contributed by atoms with Crippen LogP contribution < -0.4 is 5.32 Å². The zero-order valence-electron chi connectivity index (χ0n) is 13.4. The lowest BCUT2D eigenvalue weighted by Gasteiger charge is -2.08. The highest BCUT2D eigenvalue weighted by atomic mass is 32.2. The Kier molecular flexibility index (Phi) is 4.46. The van der Waals surface area contributed by atoms with E-state index in [1.54, 1.807) is 12.1 Å². The molecule has 7 nitrogen and oxygen atoms in total. The number of nitrogens with one attached hydrogen (secondary N) is 1. The van der Waals surface area contributed by atoms with Crippen LogP contribution in [-0.4, -0.2) is 40.3 Å². The molecule has 2 heterocycles. The molecule has 134 valence electrons. The van der Waals surface area contributed by atoms with Gasteiger partial charge in [0.05, 0.1) is 16.4 Å². The van der Waals surface area contributed by atoms with Gasteiger partial charge in [0.15, 0.2) is 15.6 Å². The van der Waals surface area contributed by atoms with Crippen molar-refractivity contribution in [2.24, 2.45) is 0 Å². The van der Waals surface area contributed by atoms with Crippen molar-refractivity contribution in [2.45, 2.75) is 29.4 Å². The zero-order valence-corrected chi connectivity index (χ0v) is 15.1. The molecule has 9 heteroatoms. The van der Waals surface area contributed by atoms with Gasteiger partial charge in [-0.05, 0) is 37.6 Å². The van der Waals surface area contributed by atoms with Crippen LogP contribution in [0.2, 0.25) is 0 Å². The van der Waals surface area contributed by atoms with Gasteiger partial charge in [0.1, 0.15) is 0 Å². The maximum absolute atomic E-state index is 12.5. The van der Waals surface area contributed by atoms with Crippen LogP contribution in [0.15, 0.2) is 50.8 Å². The quantitative estimate of drug-likeness (QED) is 0.853. The lowest BCUT2D eigenvalue weighted by molar-refractivity contribution is 0.0908. The number of furan rings is 1. The number of carbonyl (C=O) groups excluding carboxylic acids is 1. The van der Waals surface area contributed by atoms with Crippen LogP contribution in [0, 0.1) is 6.92 Å². The molecule has 1 N–H and O–H groups in total. The van der Waals surface area contributed by atoms with Gasteiger partial charge in [-0.2, -0.15) is 0 Å². The number of aryl methyl sites for hydroxylation is 1. The molecule has 2 aromatic rings. The van der Waals surface area contributed by atoms with Crippen molar-refractivity contribution in [2.75, 3.05) is 11.5 Å². The Balaban J connectivity index is 1.78. The Morgan fingerprint density at radius 2 is 1.84 bits per heavy atom. The third kappa shape index (κ3) is 3.77. The summed E-state index contributed by atoms with van der Waals surface area (Å²) in [4.78, 5) is 12.2. The molecular formula is C16H17NO6S2. The van der Waals surface area contributed by atoms with E-state index in [0.29, 0.717) is 6.42 Å². The summed E-state index contributed by atoms with van der Waals surface area (Å²) in [5.41, 5.74) is 0.921. The molecule has 0 bridgehead atoms. The fourth-order valence-corrected chi connectivity index (χ4v) is 5.43. The fraction of sp³-hybridized carbons (Fsp3) is 0.312. The molecule has 1 amide bonds. The van der Waals surface area contributed by atoms with Crippen LogP contribution in [0.3, 0.4) is 0 Å². The van der Waals surface area contributed by atoms with E-state index >= 15 is 0 Å². The van der Waals surface area contributed by atoms with E-state index in [1.165, 1.54) is 24.3 Å². The maximum atomic E-state index is 12.5. The summed E-state index contributed by atoms with van der Waals surface area (Å²) >= 11 is 0. The third-order valence-electron chi connectivity index (χ3n) is 3.97. The first kappa shape index (κ1) is 17.7. The number of hydrogen-bond acceptors (Lipinski definition) is 6. The topological polar surface area (TPSA) is 111 Å². The van der Waals surface area contributed by atoms with Crippen molar-refractivity contribution in [3.8, 4) is 0 Å². The summed E-state index contributed by atoms with van der Waals surface area (Å²) in [7, 11) is -6.98. The minimum atomic E-state index is -3.86. The summed E-state index contributed by atoms with van der Waals surface area (Å²) in [5.74, 6) is -0.889. The summed E-state index contributed by atoms with van der Waals surface area (Å²) in [6.07, 6.45) is 0.337. The summed E-state index contributed by atoms with van der Waals surface area (Å²) in [5, 5.41) is 2.22. The van der Waals surface area contributed by atoms with E-state index in [4.69, 9.17) is 4.42 Å². The average molecular weight is 383 g/mol. The smallest absolute Gasteiger partial charge is 0.287 e. The van der Waals surface area contributed by atoms with Crippen LogP contribution in [0.5, 0.6) is 0 Å². The Morgan fingerprint density at radius 1 is 1.16 bits per heavy atom. The van der Waals surface area contributed by atoms with Crippen molar-refractivity contribution in [3.63, 3.8) is 0 Å². The molecule has 1 aromatic carbocycles. The van der Waals surface area contributed by atoms with Gasteiger partial charge in [-0.15, -0.1) is 0 Å². The van der Waals surface area contributed by atoms with Crippen LogP contribution in [0.1, 0.15) is 22.5 Å². The zero-order chi connectivity index (χ0) is 18.2. The second kappa shape index (κ2) is 6.30. The first-order valence-corrected chi connectivity index (χ1v) is 10.9. The second-order valence-electron chi connectivity index (χ2n) is 6.01. The molecule has 0 aliphatic carbocycles. The first-order chi connectivity index (χ1) is 11.7. The van der Waals surface area contributed by atoms with Crippen molar-refractivity contribution < 1.29 is 26.0 Å². The van der Waals surface area contributed by atoms with E-state index < -0.39 is 31.6 Å². The number of rotatable bonds is 4. The Morgan fingerprint density at radius 3 is 2.44 bits per heavy atom. The van der Waals surface area contributed by atoms with E-state index in [9.17, 15) is 21.6 Å². The summed E-state index contributed by atoms with van der Waals surface area (Å²) in [6, 6.07) is 8.27. The summed E-state index contributed by atoms with van der Waals surface area (Å²) in [6.45, 7) is 1.84. The van der Waals surface area contributed by atoms with Gasteiger partial charge < -0.3 is 9.73 Å². The fourth-order valence-electron chi connectivity index (χ4n) is 2.59. The predicted octanol–water partition coefficient (Wildman–Crippen LogP) is 1.34. The van der Waals surface area contributed by atoms with Crippen LogP contribution >= 0.6 is 0 Å². The van der Waals surface area contributed by atoms with Crippen molar-refractivity contribution in [3.05, 3.63) is 47.7 Å². The van der Waals surface area contributed by atoms with Crippen molar-refractivity contribution in [1.82, 2.24) is 5.32 Å². The minimum Gasteiger partial charge on any atom is -0.439 e. The van der Waals surface area contributed by atoms with Crippen molar-refractivity contribution in [1.29, 1.82) is 0 Å². The van der Waals surface area contributed by atoms with Gasteiger partial charge in [0.2, 0.25) is 14.9 Å². The van der Waals surface area contributed by atoms with Crippen molar-refractivity contribution >= 4 is 25.6 Å². The van der Waals surface area contributed by atoms with Crippen LogP contribution in [0.4, 0.5) is 0 Å². The van der Waals surface area contributed by atoms with Gasteiger partial charge in [-0.25, -0.2) is 16.8 Å². The third-order valence-corrected chi connectivity index (χ3v) is 7.38. The molecule has 1 aromatic heterocycles. The molecular weight excluding hydrogens is 366 g/mol. The van der Waals surface area contributed by atoms with Crippen LogP contribution in [-0.2, 0) is 19.7 Å². The van der Waals surface area contributed by atoms with Gasteiger partial charge in [0.25, 0.3) is 5.91 Å². The summed E-state index contributed by atoms with van der Waals surface area (Å²) < 4.78 is 53.1. The number of hydrogen-bond donors (Lipinski definition) is 1. The highest BCUT2D eigenvalue weighted by molar-refractivity contribution is 7.91. The Bertz CT molecular complexity index is 1000. The standard InChI is InChI=1S/C16H17NO6S2/c1-11-2-4-13(5-3-11)25(21,22)15-7-6-14(23-15)16(18)17-12-8-9-24(19,20)10-12/h2-7,12H,8-10H2,1H3,(H,17,18). The van der Waals surface area contributed by atoms with E-state index in [2.05, 4.69) is 5.32 Å². The largest absolute Gasteiger partial charge is 0.439 e. The molecule has 1 aliphatic rings. The molecule has 1 fully saturated rings. The average Bonchev–Trinajstić information content (AvgIpc) is 3.15. The van der Waals surface area contributed by atoms with E-state index in [-0.39, 0.29) is 27.3 Å². The predicted molar refractivity (Wildman–Crippen MR) is 89.9 cm³/mol. The molecule has 0 spiro atoms. The molecule has 3 rings (SSSR count). The van der Waals surface area contributed by atoms with Crippen LogP contribution in [0.25, 0.3) is 0 Å². The number of benzene rings is 1. The van der Waals surface area contributed by atoms with Gasteiger partial charge >= 0.3 is 0 Å². The molecule has 1 atom stereocenters. The normalized spacial score (nSPS) is 19.6.